The van der Waals surface area contributed by atoms with Gasteiger partial charge < -0.3 is 4.57 Å². The van der Waals surface area contributed by atoms with E-state index in [-0.39, 0.29) is 6.04 Å². The molecule has 0 bridgehead atoms. The molecule has 0 aliphatic heterocycles. The van der Waals surface area contributed by atoms with Crippen LogP contribution in [0.15, 0.2) is 65.7 Å². The van der Waals surface area contributed by atoms with E-state index in [2.05, 4.69) is 63.7 Å². The highest BCUT2D eigenvalue weighted by atomic mass is 32.1. The summed E-state index contributed by atoms with van der Waals surface area (Å²) in [7, 11) is 2.00. The Kier molecular flexibility index (Phi) is 4.24. The van der Waals surface area contributed by atoms with Gasteiger partial charge in [0.15, 0.2) is 0 Å². The molecule has 25 heavy (non-hydrogen) atoms. The van der Waals surface area contributed by atoms with Crippen LogP contribution in [-0.4, -0.2) is 19.3 Å². The van der Waals surface area contributed by atoms with E-state index in [0.29, 0.717) is 0 Å². The summed E-state index contributed by atoms with van der Waals surface area (Å²) in [6.45, 7) is 2.21. The van der Waals surface area contributed by atoms with Crippen LogP contribution in [0.5, 0.6) is 0 Å². The summed E-state index contributed by atoms with van der Waals surface area (Å²) in [4.78, 5) is 4.79. The minimum atomic E-state index is 0.201. The molecule has 4 nitrogen and oxygen atoms in total. The maximum Gasteiger partial charge on any atom is 0.0965 e. The Morgan fingerprint density at radius 2 is 1.92 bits per heavy atom. The molecule has 0 N–H and O–H groups in total. The van der Waals surface area contributed by atoms with Crippen LogP contribution >= 0.6 is 11.3 Å². The maximum atomic E-state index is 4.79. The number of nitrogens with zero attached hydrogens (tertiary/aromatic N) is 4. The van der Waals surface area contributed by atoms with E-state index in [4.69, 9.17) is 4.98 Å². The van der Waals surface area contributed by atoms with Crippen molar-refractivity contribution in [3.05, 3.63) is 71.4 Å². The molecule has 5 heteroatoms. The number of thiophene rings is 1. The molecular formula is C20H20N4S. The van der Waals surface area contributed by atoms with Crippen LogP contribution in [-0.2, 0) is 7.05 Å². The topological polar surface area (TPSA) is 35.6 Å². The fraction of sp³-hybridized carbons (Fsp3) is 0.200. The molecule has 0 spiro atoms. The Bertz CT molecular complexity index is 951. The lowest BCUT2D eigenvalue weighted by atomic mass is 10.0. The first-order chi connectivity index (χ1) is 12.3. The highest BCUT2D eigenvalue weighted by molar-refractivity contribution is 7.08. The highest BCUT2D eigenvalue weighted by Gasteiger charge is 2.22. The van der Waals surface area contributed by atoms with E-state index in [0.717, 1.165) is 17.7 Å². The summed E-state index contributed by atoms with van der Waals surface area (Å²) in [6, 6.07) is 14.9. The second-order valence-corrected chi connectivity index (χ2v) is 6.81. The van der Waals surface area contributed by atoms with Crippen molar-refractivity contribution in [2.45, 2.75) is 19.4 Å². The third-order valence-electron chi connectivity index (χ3n) is 4.56. The molecular weight excluding hydrogens is 328 g/mol. The molecule has 0 saturated carbocycles. The lowest BCUT2D eigenvalue weighted by Crippen LogP contribution is -2.14. The van der Waals surface area contributed by atoms with Gasteiger partial charge in [0.25, 0.3) is 0 Å². The smallest absolute Gasteiger partial charge is 0.0965 e. The van der Waals surface area contributed by atoms with Crippen LogP contribution in [0.4, 0.5) is 0 Å². The van der Waals surface area contributed by atoms with Crippen molar-refractivity contribution >= 4 is 11.3 Å². The van der Waals surface area contributed by atoms with Crippen molar-refractivity contribution in [2.24, 2.45) is 7.05 Å². The fourth-order valence-corrected chi connectivity index (χ4v) is 3.99. The van der Waals surface area contributed by atoms with Crippen molar-refractivity contribution in [3.63, 3.8) is 0 Å². The first-order valence-corrected chi connectivity index (χ1v) is 9.36. The molecule has 4 aromatic rings. The molecule has 1 aromatic carbocycles. The Morgan fingerprint density at radius 1 is 1.08 bits per heavy atom. The molecule has 0 amide bonds. The number of rotatable bonds is 5. The minimum absolute atomic E-state index is 0.201. The largest absolute Gasteiger partial charge is 0.321 e. The molecule has 126 valence electrons. The van der Waals surface area contributed by atoms with Crippen LogP contribution < -0.4 is 0 Å². The number of aromatic nitrogens is 4. The predicted octanol–water partition coefficient (Wildman–Crippen LogP) is 5.01. The standard InChI is InChI=1S/C20H20N4S/c1-3-17(18-9-11-22-23(18)2)24-14-21-19(15-7-5-4-6-8-15)20(24)16-10-12-25-13-16/h4-14,17H,3H2,1-2H3. The Balaban J connectivity index is 1.92. The first kappa shape index (κ1) is 15.8. The van der Waals surface area contributed by atoms with Crippen molar-refractivity contribution in [3.8, 4) is 22.5 Å². The fourth-order valence-electron chi connectivity index (χ4n) is 3.35. The zero-order chi connectivity index (χ0) is 17.2. The summed E-state index contributed by atoms with van der Waals surface area (Å²) in [5.74, 6) is 0. The molecule has 0 aliphatic carbocycles. The number of benzene rings is 1. The van der Waals surface area contributed by atoms with E-state index < -0.39 is 0 Å². The Labute approximate surface area is 151 Å². The van der Waals surface area contributed by atoms with Gasteiger partial charge in [-0.15, -0.1) is 0 Å². The number of hydrogen-bond donors (Lipinski definition) is 0. The van der Waals surface area contributed by atoms with Gasteiger partial charge in [0.05, 0.1) is 29.5 Å². The Hall–Kier alpha value is -2.66. The maximum absolute atomic E-state index is 4.79. The first-order valence-electron chi connectivity index (χ1n) is 8.42. The van der Waals surface area contributed by atoms with Crippen molar-refractivity contribution in [1.82, 2.24) is 19.3 Å². The van der Waals surface area contributed by atoms with Crippen LogP contribution in [0, 0.1) is 0 Å². The van der Waals surface area contributed by atoms with E-state index in [1.54, 1.807) is 11.3 Å². The number of hydrogen-bond acceptors (Lipinski definition) is 3. The minimum Gasteiger partial charge on any atom is -0.321 e. The molecule has 1 atom stereocenters. The summed E-state index contributed by atoms with van der Waals surface area (Å²) in [5, 5.41) is 8.66. The summed E-state index contributed by atoms with van der Waals surface area (Å²) in [6.07, 6.45) is 4.80. The molecule has 4 rings (SSSR count). The third kappa shape index (κ3) is 2.81. The number of imidazole rings is 1. The third-order valence-corrected chi connectivity index (χ3v) is 5.24. The normalized spacial score (nSPS) is 12.4. The highest BCUT2D eigenvalue weighted by Crippen LogP contribution is 2.36. The molecule has 0 aliphatic rings. The van der Waals surface area contributed by atoms with Crippen molar-refractivity contribution in [1.29, 1.82) is 0 Å². The van der Waals surface area contributed by atoms with Gasteiger partial charge in [-0.2, -0.15) is 16.4 Å². The second-order valence-electron chi connectivity index (χ2n) is 6.03. The van der Waals surface area contributed by atoms with Gasteiger partial charge in [-0.25, -0.2) is 4.98 Å². The van der Waals surface area contributed by atoms with Gasteiger partial charge in [0.2, 0.25) is 0 Å². The monoisotopic (exact) mass is 348 g/mol. The van der Waals surface area contributed by atoms with Crippen LogP contribution in [0.25, 0.3) is 22.5 Å². The molecule has 3 aromatic heterocycles. The average molecular weight is 348 g/mol. The molecule has 0 fully saturated rings. The summed E-state index contributed by atoms with van der Waals surface area (Å²) < 4.78 is 4.25. The summed E-state index contributed by atoms with van der Waals surface area (Å²) >= 11 is 1.71. The van der Waals surface area contributed by atoms with Gasteiger partial charge in [0.1, 0.15) is 0 Å². The Morgan fingerprint density at radius 3 is 2.56 bits per heavy atom. The van der Waals surface area contributed by atoms with Gasteiger partial charge in [-0.1, -0.05) is 37.3 Å². The van der Waals surface area contributed by atoms with Gasteiger partial charge in [-0.05, 0) is 23.9 Å². The van der Waals surface area contributed by atoms with E-state index in [9.17, 15) is 0 Å². The number of aryl methyl sites for hydroxylation is 1. The molecule has 0 radical (unpaired) electrons. The zero-order valence-corrected chi connectivity index (χ0v) is 15.1. The molecule has 3 heterocycles. The SMILES string of the molecule is CCC(c1ccnn1C)n1cnc(-c2ccccc2)c1-c1ccsc1. The van der Waals surface area contributed by atoms with Crippen LogP contribution in [0.3, 0.4) is 0 Å². The van der Waals surface area contributed by atoms with E-state index in [1.807, 2.05) is 30.3 Å². The zero-order valence-electron chi connectivity index (χ0n) is 14.3. The van der Waals surface area contributed by atoms with Gasteiger partial charge >= 0.3 is 0 Å². The summed E-state index contributed by atoms with van der Waals surface area (Å²) in [5.41, 5.74) is 5.74. The quantitative estimate of drug-likeness (QED) is 0.508. The van der Waals surface area contributed by atoms with Crippen LogP contribution in [0.2, 0.25) is 0 Å². The average Bonchev–Trinajstić information content (AvgIpc) is 3.38. The molecule has 1 unspecified atom stereocenters. The van der Waals surface area contributed by atoms with E-state index in [1.165, 1.54) is 17.0 Å². The van der Waals surface area contributed by atoms with Crippen molar-refractivity contribution < 1.29 is 0 Å². The predicted molar refractivity (Wildman–Crippen MR) is 103 cm³/mol. The van der Waals surface area contributed by atoms with Crippen LogP contribution in [0.1, 0.15) is 25.1 Å². The van der Waals surface area contributed by atoms with Gasteiger partial charge in [0, 0.05) is 29.8 Å². The van der Waals surface area contributed by atoms with E-state index >= 15 is 0 Å². The lowest BCUT2D eigenvalue weighted by Gasteiger charge is -2.20. The van der Waals surface area contributed by atoms with Gasteiger partial charge in [-0.3, -0.25) is 4.68 Å². The molecule has 0 saturated heterocycles. The second kappa shape index (κ2) is 6.69. The lowest BCUT2D eigenvalue weighted by molar-refractivity contribution is 0.522. The van der Waals surface area contributed by atoms with Crippen molar-refractivity contribution in [2.75, 3.05) is 0 Å².